The summed E-state index contributed by atoms with van der Waals surface area (Å²) in [6.07, 6.45) is -4.74. The number of hydrogen-bond acceptors (Lipinski definition) is 4. The van der Waals surface area contributed by atoms with Crippen molar-refractivity contribution in [3.05, 3.63) is 29.8 Å². The second kappa shape index (κ2) is 6.77. The highest BCUT2D eigenvalue weighted by atomic mass is 19.4. The van der Waals surface area contributed by atoms with Gasteiger partial charge in [0.2, 0.25) is 0 Å². The molecule has 1 aliphatic rings. The van der Waals surface area contributed by atoms with Gasteiger partial charge in [-0.05, 0) is 24.3 Å². The predicted octanol–water partition coefficient (Wildman–Crippen LogP) is 1.30. The third-order valence-corrected chi connectivity index (χ3v) is 2.86. The number of rotatable bonds is 4. The lowest BCUT2D eigenvalue weighted by Gasteiger charge is -2.23. The Labute approximate surface area is 119 Å². The molecule has 21 heavy (non-hydrogen) atoms. The summed E-state index contributed by atoms with van der Waals surface area (Å²) in [6.45, 7) is 2.27. The van der Waals surface area contributed by atoms with E-state index in [0.29, 0.717) is 19.8 Å². The van der Waals surface area contributed by atoms with Gasteiger partial charge in [0.15, 0.2) is 0 Å². The van der Waals surface area contributed by atoms with Crippen LogP contribution in [0.5, 0.6) is 5.75 Å². The van der Waals surface area contributed by atoms with Crippen LogP contribution in [0.1, 0.15) is 10.4 Å². The van der Waals surface area contributed by atoms with Crippen molar-refractivity contribution in [3.8, 4) is 5.75 Å². The third-order valence-electron chi connectivity index (χ3n) is 2.86. The SMILES string of the molecule is O=C(NCC1COCCN1)c1ccc(OC(F)(F)F)cc1. The molecule has 2 N–H and O–H groups in total. The maximum Gasteiger partial charge on any atom is 0.573 e. The standard InChI is InChI=1S/C13H15F3N2O3/c14-13(15,16)21-11-3-1-9(2-4-11)12(19)18-7-10-8-20-6-5-17-10/h1-4,10,17H,5-8H2,(H,18,19). The van der Waals surface area contributed by atoms with Crippen LogP contribution in [0, 0.1) is 0 Å². The fourth-order valence-electron chi connectivity index (χ4n) is 1.88. The first kappa shape index (κ1) is 15.6. The maximum atomic E-state index is 12.0. The third kappa shape index (κ3) is 5.24. The molecule has 1 unspecified atom stereocenters. The van der Waals surface area contributed by atoms with Gasteiger partial charge in [-0.3, -0.25) is 4.79 Å². The van der Waals surface area contributed by atoms with Crippen molar-refractivity contribution in [1.82, 2.24) is 10.6 Å². The van der Waals surface area contributed by atoms with Crippen LogP contribution in [0.15, 0.2) is 24.3 Å². The zero-order chi connectivity index (χ0) is 15.3. The van der Waals surface area contributed by atoms with Gasteiger partial charge in [0.05, 0.1) is 13.2 Å². The van der Waals surface area contributed by atoms with Crippen molar-refractivity contribution >= 4 is 5.91 Å². The number of ether oxygens (including phenoxy) is 2. The van der Waals surface area contributed by atoms with E-state index in [1.54, 1.807) is 0 Å². The number of alkyl halides is 3. The molecule has 0 saturated carbocycles. The van der Waals surface area contributed by atoms with Crippen LogP contribution in [0.3, 0.4) is 0 Å². The van der Waals surface area contributed by atoms with Gasteiger partial charge < -0.3 is 20.1 Å². The fourth-order valence-corrected chi connectivity index (χ4v) is 1.88. The zero-order valence-corrected chi connectivity index (χ0v) is 11.1. The first-order valence-corrected chi connectivity index (χ1v) is 6.39. The van der Waals surface area contributed by atoms with E-state index >= 15 is 0 Å². The zero-order valence-electron chi connectivity index (χ0n) is 11.1. The summed E-state index contributed by atoms with van der Waals surface area (Å²) in [5.41, 5.74) is 0.265. The Morgan fingerprint density at radius 3 is 2.67 bits per heavy atom. The quantitative estimate of drug-likeness (QED) is 0.880. The Kier molecular flexibility index (Phi) is 5.03. The van der Waals surface area contributed by atoms with Gasteiger partial charge in [-0.25, -0.2) is 0 Å². The fraction of sp³-hybridized carbons (Fsp3) is 0.462. The monoisotopic (exact) mass is 304 g/mol. The minimum Gasteiger partial charge on any atom is -0.406 e. The second-order valence-corrected chi connectivity index (χ2v) is 4.51. The Hall–Kier alpha value is -1.80. The van der Waals surface area contributed by atoms with Crippen molar-refractivity contribution in [3.63, 3.8) is 0 Å². The number of halogens is 3. The number of morpholine rings is 1. The molecule has 1 fully saturated rings. The molecular formula is C13H15F3N2O3. The number of hydrogen-bond donors (Lipinski definition) is 2. The summed E-state index contributed by atoms with van der Waals surface area (Å²) in [6, 6.07) is 4.80. The first-order valence-electron chi connectivity index (χ1n) is 6.39. The van der Waals surface area contributed by atoms with E-state index in [1.807, 2.05) is 0 Å². The minimum absolute atomic E-state index is 0.0375. The van der Waals surface area contributed by atoms with E-state index in [4.69, 9.17) is 4.74 Å². The Morgan fingerprint density at radius 2 is 2.10 bits per heavy atom. The Bertz CT molecular complexity index is 471. The molecule has 0 radical (unpaired) electrons. The minimum atomic E-state index is -4.74. The summed E-state index contributed by atoms with van der Waals surface area (Å²) in [5, 5.41) is 5.87. The van der Waals surface area contributed by atoms with Crippen LogP contribution in [0.25, 0.3) is 0 Å². The lowest BCUT2D eigenvalue weighted by molar-refractivity contribution is -0.274. The van der Waals surface area contributed by atoms with Crippen molar-refractivity contribution in [2.45, 2.75) is 12.4 Å². The number of benzene rings is 1. The molecule has 1 aliphatic heterocycles. The van der Waals surface area contributed by atoms with E-state index in [9.17, 15) is 18.0 Å². The van der Waals surface area contributed by atoms with Crippen LogP contribution in [0.4, 0.5) is 13.2 Å². The van der Waals surface area contributed by atoms with Crippen molar-refractivity contribution < 1.29 is 27.4 Å². The summed E-state index contributed by atoms with van der Waals surface area (Å²) < 4.78 is 45.0. The topological polar surface area (TPSA) is 59.6 Å². The average Bonchev–Trinajstić information content (AvgIpc) is 2.45. The molecule has 1 atom stereocenters. The van der Waals surface area contributed by atoms with Gasteiger partial charge in [0.1, 0.15) is 5.75 Å². The van der Waals surface area contributed by atoms with Crippen molar-refractivity contribution in [2.24, 2.45) is 0 Å². The van der Waals surface area contributed by atoms with Gasteiger partial charge in [-0.1, -0.05) is 0 Å². The summed E-state index contributed by atoms with van der Waals surface area (Å²) in [7, 11) is 0. The van der Waals surface area contributed by atoms with Crippen molar-refractivity contribution in [1.29, 1.82) is 0 Å². The van der Waals surface area contributed by atoms with E-state index in [1.165, 1.54) is 12.1 Å². The lowest BCUT2D eigenvalue weighted by Crippen LogP contribution is -2.48. The molecule has 0 aromatic heterocycles. The molecule has 116 valence electrons. The predicted molar refractivity (Wildman–Crippen MR) is 68.1 cm³/mol. The lowest BCUT2D eigenvalue weighted by atomic mass is 10.2. The maximum absolute atomic E-state index is 12.0. The number of carbonyl (C=O) groups excluding carboxylic acids is 1. The summed E-state index contributed by atoms with van der Waals surface area (Å²) in [5.74, 6) is -0.720. The molecule has 0 bridgehead atoms. The van der Waals surface area contributed by atoms with Crippen molar-refractivity contribution in [2.75, 3.05) is 26.3 Å². The highest BCUT2D eigenvalue weighted by Crippen LogP contribution is 2.22. The number of carbonyl (C=O) groups is 1. The second-order valence-electron chi connectivity index (χ2n) is 4.51. The first-order chi connectivity index (χ1) is 9.94. The largest absolute Gasteiger partial charge is 0.573 e. The molecule has 5 nitrogen and oxygen atoms in total. The summed E-state index contributed by atoms with van der Waals surface area (Å²) >= 11 is 0. The van der Waals surface area contributed by atoms with Crippen LogP contribution in [0.2, 0.25) is 0 Å². The van der Waals surface area contributed by atoms with E-state index < -0.39 is 6.36 Å². The highest BCUT2D eigenvalue weighted by Gasteiger charge is 2.31. The molecule has 0 aliphatic carbocycles. The normalized spacial score (nSPS) is 19.1. The molecule has 8 heteroatoms. The van der Waals surface area contributed by atoms with Gasteiger partial charge in [-0.15, -0.1) is 13.2 Å². The number of amides is 1. The smallest absolute Gasteiger partial charge is 0.406 e. The number of nitrogens with one attached hydrogen (secondary N) is 2. The molecule has 2 rings (SSSR count). The summed E-state index contributed by atoms with van der Waals surface area (Å²) in [4.78, 5) is 11.8. The molecule has 0 spiro atoms. The van der Waals surface area contributed by atoms with Crippen LogP contribution >= 0.6 is 0 Å². The highest BCUT2D eigenvalue weighted by molar-refractivity contribution is 5.94. The molecule has 1 amide bonds. The molecule has 1 aromatic rings. The van der Waals surface area contributed by atoms with Crippen LogP contribution in [-0.4, -0.2) is 44.6 Å². The van der Waals surface area contributed by atoms with Crippen LogP contribution < -0.4 is 15.4 Å². The average molecular weight is 304 g/mol. The molecular weight excluding hydrogens is 289 g/mol. The van der Waals surface area contributed by atoms with E-state index in [2.05, 4.69) is 15.4 Å². The van der Waals surface area contributed by atoms with Gasteiger partial charge >= 0.3 is 6.36 Å². The van der Waals surface area contributed by atoms with Gasteiger partial charge in [0.25, 0.3) is 5.91 Å². The van der Waals surface area contributed by atoms with Crippen LogP contribution in [-0.2, 0) is 4.74 Å². The Morgan fingerprint density at radius 1 is 1.38 bits per heavy atom. The molecule has 1 aromatic carbocycles. The van der Waals surface area contributed by atoms with Gasteiger partial charge in [-0.2, -0.15) is 0 Å². The molecule has 1 saturated heterocycles. The van der Waals surface area contributed by atoms with E-state index in [-0.39, 0.29) is 23.3 Å². The van der Waals surface area contributed by atoms with E-state index in [0.717, 1.165) is 18.7 Å². The molecule has 1 heterocycles. The van der Waals surface area contributed by atoms with Gasteiger partial charge in [0, 0.05) is 24.7 Å². The Balaban J connectivity index is 1.84.